The molecule has 0 bridgehead atoms. The highest BCUT2D eigenvalue weighted by Crippen LogP contribution is 2.33. The Balaban J connectivity index is 2.25. The van der Waals surface area contributed by atoms with Crippen LogP contribution in [0, 0.1) is 11.3 Å². The SMILES string of the molecule is CC(=O)SC1CC(=O)N(c2cc(C#N)ccc2Cl)C1. The number of carbonyl (C=O) groups excluding carboxylic acids is 2. The van der Waals surface area contributed by atoms with Crippen molar-refractivity contribution in [1.29, 1.82) is 5.26 Å². The number of anilines is 1. The van der Waals surface area contributed by atoms with Crippen molar-refractivity contribution in [1.82, 2.24) is 0 Å². The lowest BCUT2D eigenvalue weighted by Gasteiger charge is -2.18. The van der Waals surface area contributed by atoms with E-state index in [2.05, 4.69) is 0 Å². The van der Waals surface area contributed by atoms with E-state index in [1.54, 1.807) is 23.1 Å². The number of benzene rings is 1. The lowest BCUT2D eigenvalue weighted by atomic mass is 10.2. The zero-order valence-corrected chi connectivity index (χ0v) is 11.8. The van der Waals surface area contributed by atoms with E-state index in [0.29, 0.717) is 29.2 Å². The molecule has 1 aliphatic rings. The van der Waals surface area contributed by atoms with Crippen LogP contribution in [-0.4, -0.2) is 22.8 Å². The Labute approximate surface area is 120 Å². The Bertz CT molecular complexity index is 582. The molecule has 0 aliphatic carbocycles. The second kappa shape index (κ2) is 5.64. The molecule has 1 saturated heterocycles. The number of nitriles is 1. The van der Waals surface area contributed by atoms with E-state index in [4.69, 9.17) is 16.9 Å². The highest BCUT2D eigenvalue weighted by atomic mass is 35.5. The molecule has 1 fully saturated rings. The molecule has 19 heavy (non-hydrogen) atoms. The van der Waals surface area contributed by atoms with Gasteiger partial charge in [-0.05, 0) is 18.2 Å². The predicted octanol–water partition coefficient (Wildman–Crippen LogP) is 2.60. The fourth-order valence-corrected chi connectivity index (χ4v) is 3.15. The normalized spacial score (nSPS) is 18.5. The summed E-state index contributed by atoms with van der Waals surface area (Å²) < 4.78 is 0. The summed E-state index contributed by atoms with van der Waals surface area (Å²) in [4.78, 5) is 24.6. The van der Waals surface area contributed by atoms with Gasteiger partial charge in [0, 0.05) is 25.1 Å². The van der Waals surface area contributed by atoms with Crippen LogP contribution in [-0.2, 0) is 9.59 Å². The summed E-state index contributed by atoms with van der Waals surface area (Å²) in [5.41, 5.74) is 0.993. The van der Waals surface area contributed by atoms with E-state index < -0.39 is 0 Å². The third kappa shape index (κ3) is 3.09. The quantitative estimate of drug-likeness (QED) is 0.841. The summed E-state index contributed by atoms with van der Waals surface area (Å²) in [6.07, 6.45) is 0.317. The molecule has 0 aromatic heterocycles. The van der Waals surface area contributed by atoms with E-state index in [1.807, 2.05) is 6.07 Å². The van der Waals surface area contributed by atoms with Crippen LogP contribution >= 0.6 is 23.4 Å². The predicted molar refractivity (Wildman–Crippen MR) is 75.2 cm³/mol. The van der Waals surface area contributed by atoms with E-state index in [0.717, 1.165) is 0 Å². The van der Waals surface area contributed by atoms with Crippen LogP contribution in [0.3, 0.4) is 0 Å². The van der Waals surface area contributed by atoms with Crippen LogP contribution in [0.25, 0.3) is 0 Å². The number of amides is 1. The lowest BCUT2D eigenvalue weighted by molar-refractivity contribution is -0.117. The maximum Gasteiger partial charge on any atom is 0.228 e. The van der Waals surface area contributed by atoms with Gasteiger partial charge in [0.2, 0.25) is 5.91 Å². The van der Waals surface area contributed by atoms with Gasteiger partial charge in [-0.25, -0.2) is 0 Å². The molecular weight excluding hydrogens is 284 g/mol. The topological polar surface area (TPSA) is 61.2 Å². The van der Waals surface area contributed by atoms with E-state index in [9.17, 15) is 9.59 Å². The summed E-state index contributed by atoms with van der Waals surface area (Å²) in [7, 11) is 0. The third-order valence-electron chi connectivity index (χ3n) is 2.79. The molecule has 1 aromatic rings. The van der Waals surface area contributed by atoms with Gasteiger partial charge in [0.25, 0.3) is 0 Å². The van der Waals surface area contributed by atoms with Gasteiger partial charge < -0.3 is 4.90 Å². The van der Waals surface area contributed by atoms with Crippen LogP contribution in [0.4, 0.5) is 5.69 Å². The van der Waals surface area contributed by atoms with Gasteiger partial charge in [-0.1, -0.05) is 23.4 Å². The summed E-state index contributed by atoms with van der Waals surface area (Å²) >= 11 is 7.25. The number of rotatable bonds is 2. The minimum absolute atomic E-state index is 0.00322. The van der Waals surface area contributed by atoms with E-state index in [1.165, 1.54) is 18.7 Å². The third-order valence-corrected chi connectivity index (χ3v) is 4.09. The van der Waals surface area contributed by atoms with Crippen LogP contribution in [0.15, 0.2) is 18.2 Å². The minimum atomic E-state index is -0.0734. The Morgan fingerprint density at radius 2 is 2.32 bits per heavy atom. The molecule has 1 aliphatic heterocycles. The number of carbonyl (C=O) groups is 2. The van der Waals surface area contributed by atoms with Crippen molar-refractivity contribution >= 4 is 40.1 Å². The maximum atomic E-state index is 12.0. The zero-order valence-electron chi connectivity index (χ0n) is 10.2. The van der Waals surface area contributed by atoms with Crippen molar-refractivity contribution in [3.63, 3.8) is 0 Å². The number of hydrogen-bond donors (Lipinski definition) is 0. The number of nitrogens with zero attached hydrogens (tertiary/aromatic N) is 2. The summed E-state index contributed by atoms with van der Waals surface area (Å²) in [5, 5.41) is 9.27. The smallest absolute Gasteiger partial charge is 0.228 e. The number of hydrogen-bond acceptors (Lipinski definition) is 4. The number of halogens is 1. The molecular formula is C13H11ClN2O2S. The minimum Gasteiger partial charge on any atom is -0.310 e. The van der Waals surface area contributed by atoms with Gasteiger partial charge in [-0.2, -0.15) is 5.26 Å². The monoisotopic (exact) mass is 294 g/mol. The van der Waals surface area contributed by atoms with Gasteiger partial charge >= 0.3 is 0 Å². The van der Waals surface area contributed by atoms with Crippen LogP contribution < -0.4 is 4.90 Å². The standard InChI is InChI=1S/C13H11ClN2O2S/c1-8(17)19-10-5-13(18)16(7-10)12-4-9(6-15)2-3-11(12)14/h2-4,10H,5,7H2,1H3. The van der Waals surface area contributed by atoms with Crippen molar-refractivity contribution in [3.8, 4) is 6.07 Å². The zero-order chi connectivity index (χ0) is 14.0. The highest BCUT2D eigenvalue weighted by Gasteiger charge is 2.32. The van der Waals surface area contributed by atoms with Gasteiger partial charge in [0.05, 0.1) is 22.3 Å². The molecule has 2 rings (SSSR count). The van der Waals surface area contributed by atoms with Gasteiger partial charge in [0.1, 0.15) is 0 Å². The van der Waals surface area contributed by atoms with Crippen molar-refractivity contribution in [2.45, 2.75) is 18.6 Å². The molecule has 0 saturated carbocycles. The van der Waals surface area contributed by atoms with Gasteiger partial charge in [0.15, 0.2) is 5.12 Å². The maximum absolute atomic E-state index is 12.0. The van der Waals surface area contributed by atoms with Crippen LogP contribution in [0.2, 0.25) is 5.02 Å². The molecule has 98 valence electrons. The number of thioether (sulfide) groups is 1. The molecule has 1 amide bonds. The van der Waals surface area contributed by atoms with Crippen molar-refractivity contribution in [3.05, 3.63) is 28.8 Å². The summed E-state index contributed by atoms with van der Waals surface area (Å²) in [6.45, 7) is 1.93. The van der Waals surface area contributed by atoms with Crippen molar-refractivity contribution in [2.75, 3.05) is 11.4 Å². The fourth-order valence-electron chi connectivity index (χ4n) is 2.01. The summed E-state index contributed by atoms with van der Waals surface area (Å²) in [6, 6.07) is 6.83. The molecule has 1 aromatic carbocycles. The van der Waals surface area contributed by atoms with Crippen LogP contribution in [0.1, 0.15) is 18.9 Å². The molecule has 6 heteroatoms. The second-order valence-electron chi connectivity index (χ2n) is 4.22. The summed E-state index contributed by atoms with van der Waals surface area (Å²) in [5.74, 6) is -0.0734. The van der Waals surface area contributed by atoms with Crippen LogP contribution in [0.5, 0.6) is 0 Å². The lowest BCUT2D eigenvalue weighted by Crippen LogP contribution is -2.25. The van der Waals surface area contributed by atoms with E-state index in [-0.39, 0.29) is 16.3 Å². The Morgan fingerprint density at radius 1 is 1.58 bits per heavy atom. The van der Waals surface area contributed by atoms with Gasteiger partial charge in [-0.15, -0.1) is 0 Å². The largest absolute Gasteiger partial charge is 0.310 e. The molecule has 4 nitrogen and oxygen atoms in total. The molecule has 0 N–H and O–H groups in total. The average molecular weight is 295 g/mol. The first-order valence-electron chi connectivity index (χ1n) is 5.68. The van der Waals surface area contributed by atoms with Crippen molar-refractivity contribution in [2.24, 2.45) is 0 Å². The Morgan fingerprint density at radius 3 is 2.95 bits per heavy atom. The fraction of sp³-hybridized carbons (Fsp3) is 0.308. The molecule has 0 radical (unpaired) electrons. The molecule has 1 heterocycles. The Hall–Kier alpha value is -1.51. The first kappa shape index (κ1) is 13.9. The molecule has 1 unspecified atom stereocenters. The first-order valence-corrected chi connectivity index (χ1v) is 6.94. The molecule has 0 spiro atoms. The average Bonchev–Trinajstić information content (AvgIpc) is 2.70. The first-order chi connectivity index (χ1) is 9.01. The Kier molecular flexibility index (Phi) is 4.13. The molecule has 1 atom stereocenters. The van der Waals surface area contributed by atoms with Crippen molar-refractivity contribution < 1.29 is 9.59 Å². The van der Waals surface area contributed by atoms with E-state index >= 15 is 0 Å². The highest BCUT2D eigenvalue weighted by molar-refractivity contribution is 8.14. The van der Waals surface area contributed by atoms with Gasteiger partial charge in [-0.3, -0.25) is 9.59 Å². The second-order valence-corrected chi connectivity index (χ2v) is 6.10.